The van der Waals surface area contributed by atoms with Gasteiger partial charge in [0.2, 0.25) is 0 Å². The van der Waals surface area contributed by atoms with E-state index in [9.17, 15) is 4.39 Å². The normalized spacial score (nSPS) is 12.2. The third-order valence-corrected chi connectivity index (χ3v) is 5.49. The molecule has 3 rings (SSSR count). The molecule has 27 heavy (non-hydrogen) atoms. The van der Waals surface area contributed by atoms with E-state index in [0.717, 1.165) is 10.7 Å². The zero-order valence-corrected chi connectivity index (χ0v) is 17.2. The fraction of sp³-hybridized carbons (Fsp3) is 0.263. The lowest BCUT2D eigenvalue weighted by atomic mass is 10.2. The van der Waals surface area contributed by atoms with E-state index >= 15 is 0 Å². The van der Waals surface area contributed by atoms with E-state index in [-0.39, 0.29) is 11.9 Å². The Morgan fingerprint density at radius 1 is 1.15 bits per heavy atom. The van der Waals surface area contributed by atoms with E-state index in [1.54, 1.807) is 42.1 Å². The zero-order chi connectivity index (χ0) is 19.4. The largest absolute Gasteiger partial charge is 0.481 e. The molecule has 2 aromatic carbocycles. The van der Waals surface area contributed by atoms with Crippen LogP contribution < -0.4 is 4.74 Å². The molecule has 0 aliphatic carbocycles. The Labute approximate surface area is 171 Å². The first-order chi connectivity index (χ1) is 13.0. The number of benzene rings is 2. The van der Waals surface area contributed by atoms with Gasteiger partial charge in [-0.05, 0) is 43.7 Å². The molecule has 1 heterocycles. The molecule has 0 aliphatic rings. The molecule has 8 heteroatoms. The standard InChI is InChI=1S/C19H18Cl2FN3OS/c1-3-25-18(12(2)26-17-10-14(20)6-9-16(17)21)23-24-19(25)27-11-13-4-7-15(22)8-5-13/h4-10,12H,3,11H2,1-2H3. The summed E-state index contributed by atoms with van der Waals surface area (Å²) in [5.74, 6) is 1.64. The third kappa shape index (κ3) is 4.94. The number of nitrogens with zero attached hydrogens (tertiary/aromatic N) is 3. The summed E-state index contributed by atoms with van der Waals surface area (Å²) in [5, 5.41) is 10.4. The molecule has 0 fully saturated rings. The Balaban J connectivity index is 1.74. The van der Waals surface area contributed by atoms with E-state index in [2.05, 4.69) is 10.2 Å². The lowest BCUT2D eigenvalue weighted by molar-refractivity contribution is 0.210. The van der Waals surface area contributed by atoms with Crippen molar-refractivity contribution < 1.29 is 9.13 Å². The molecular formula is C19H18Cl2FN3OS. The smallest absolute Gasteiger partial charge is 0.191 e. The summed E-state index contributed by atoms with van der Waals surface area (Å²) in [5.41, 5.74) is 1.02. The van der Waals surface area contributed by atoms with Gasteiger partial charge < -0.3 is 9.30 Å². The van der Waals surface area contributed by atoms with Gasteiger partial charge in [-0.3, -0.25) is 0 Å². The summed E-state index contributed by atoms with van der Waals surface area (Å²) >= 11 is 13.7. The lowest BCUT2D eigenvalue weighted by Gasteiger charge is -2.16. The van der Waals surface area contributed by atoms with Crippen LogP contribution in [0.5, 0.6) is 5.75 Å². The van der Waals surface area contributed by atoms with Crippen molar-refractivity contribution in [3.05, 3.63) is 69.7 Å². The summed E-state index contributed by atoms with van der Waals surface area (Å²) in [6, 6.07) is 11.5. The molecule has 0 aliphatic heterocycles. The Morgan fingerprint density at radius 3 is 2.59 bits per heavy atom. The van der Waals surface area contributed by atoms with Crippen LogP contribution in [-0.2, 0) is 12.3 Å². The fourth-order valence-corrected chi connectivity index (χ4v) is 3.83. The third-order valence-electron chi connectivity index (χ3n) is 3.90. The Morgan fingerprint density at radius 2 is 1.89 bits per heavy atom. The van der Waals surface area contributed by atoms with Gasteiger partial charge in [-0.2, -0.15) is 0 Å². The summed E-state index contributed by atoms with van der Waals surface area (Å²) in [6.45, 7) is 4.61. The maximum absolute atomic E-state index is 13.0. The maximum Gasteiger partial charge on any atom is 0.191 e. The quantitative estimate of drug-likeness (QED) is 0.423. The molecule has 1 aromatic heterocycles. The van der Waals surface area contributed by atoms with Gasteiger partial charge in [-0.15, -0.1) is 10.2 Å². The number of ether oxygens (including phenoxy) is 1. The van der Waals surface area contributed by atoms with E-state index in [4.69, 9.17) is 27.9 Å². The second kappa shape index (κ2) is 8.95. The first-order valence-corrected chi connectivity index (χ1v) is 10.1. The predicted octanol–water partition coefficient (Wildman–Crippen LogP) is 6.18. The van der Waals surface area contributed by atoms with Crippen LogP contribution in [0.3, 0.4) is 0 Å². The van der Waals surface area contributed by atoms with Crippen LogP contribution in [0.15, 0.2) is 47.6 Å². The van der Waals surface area contributed by atoms with Crippen LogP contribution in [0.1, 0.15) is 31.3 Å². The topological polar surface area (TPSA) is 39.9 Å². The summed E-state index contributed by atoms with van der Waals surface area (Å²) < 4.78 is 21.0. The van der Waals surface area contributed by atoms with Crippen molar-refractivity contribution in [2.24, 2.45) is 0 Å². The maximum atomic E-state index is 13.0. The van der Waals surface area contributed by atoms with Gasteiger partial charge in [0.15, 0.2) is 17.1 Å². The van der Waals surface area contributed by atoms with E-state index in [1.807, 2.05) is 18.4 Å². The van der Waals surface area contributed by atoms with Gasteiger partial charge in [-0.1, -0.05) is 47.1 Å². The van der Waals surface area contributed by atoms with Crippen LogP contribution in [0, 0.1) is 5.82 Å². The molecule has 0 amide bonds. The zero-order valence-electron chi connectivity index (χ0n) is 14.8. The fourth-order valence-electron chi connectivity index (χ4n) is 2.54. The second-order valence-corrected chi connectivity index (χ2v) is 7.62. The Bertz CT molecular complexity index is 918. The molecule has 0 bridgehead atoms. The van der Waals surface area contributed by atoms with Crippen molar-refractivity contribution in [2.75, 3.05) is 0 Å². The highest BCUT2D eigenvalue weighted by atomic mass is 35.5. The highest BCUT2D eigenvalue weighted by molar-refractivity contribution is 7.98. The van der Waals surface area contributed by atoms with Gasteiger partial charge in [0.1, 0.15) is 11.6 Å². The van der Waals surface area contributed by atoms with Gasteiger partial charge >= 0.3 is 0 Å². The minimum atomic E-state index is -0.353. The van der Waals surface area contributed by atoms with Gasteiger partial charge in [0.05, 0.1) is 5.02 Å². The number of hydrogen-bond acceptors (Lipinski definition) is 4. The average Bonchev–Trinajstić information content (AvgIpc) is 3.07. The molecule has 0 N–H and O–H groups in total. The van der Waals surface area contributed by atoms with E-state index in [1.165, 1.54) is 12.1 Å². The summed E-state index contributed by atoms with van der Waals surface area (Å²) in [6.07, 6.45) is -0.353. The molecule has 1 atom stereocenters. The molecule has 142 valence electrons. The van der Waals surface area contributed by atoms with Crippen molar-refractivity contribution in [3.8, 4) is 5.75 Å². The number of rotatable bonds is 7. The molecule has 3 aromatic rings. The lowest BCUT2D eigenvalue weighted by Crippen LogP contribution is -2.12. The molecule has 0 saturated carbocycles. The monoisotopic (exact) mass is 425 g/mol. The number of halogens is 3. The average molecular weight is 426 g/mol. The van der Waals surface area contributed by atoms with Crippen LogP contribution in [0.2, 0.25) is 10.0 Å². The molecule has 0 saturated heterocycles. The Hall–Kier alpha value is -1.76. The molecule has 0 spiro atoms. The van der Waals surface area contributed by atoms with Gasteiger partial charge in [-0.25, -0.2) is 4.39 Å². The molecular weight excluding hydrogens is 408 g/mol. The first kappa shape index (κ1) is 20.0. The van der Waals surface area contributed by atoms with Crippen molar-refractivity contribution in [2.45, 2.75) is 37.4 Å². The van der Waals surface area contributed by atoms with Gasteiger partial charge in [0, 0.05) is 23.4 Å². The molecule has 1 unspecified atom stereocenters. The Kier molecular flexibility index (Phi) is 6.63. The van der Waals surface area contributed by atoms with Crippen molar-refractivity contribution in [3.63, 3.8) is 0 Å². The first-order valence-electron chi connectivity index (χ1n) is 8.40. The van der Waals surface area contributed by atoms with Crippen LogP contribution in [-0.4, -0.2) is 14.8 Å². The minimum Gasteiger partial charge on any atom is -0.481 e. The van der Waals surface area contributed by atoms with Crippen molar-refractivity contribution in [1.29, 1.82) is 0 Å². The highest BCUT2D eigenvalue weighted by Crippen LogP contribution is 2.32. The van der Waals surface area contributed by atoms with E-state index in [0.29, 0.717) is 33.9 Å². The summed E-state index contributed by atoms with van der Waals surface area (Å²) in [7, 11) is 0. The van der Waals surface area contributed by atoms with Crippen LogP contribution in [0.4, 0.5) is 4.39 Å². The molecule has 4 nitrogen and oxygen atoms in total. The highest BCUT2D eigenvalue weighted by Gasteiger charge is 2.19. The SMILES string of the molecule is CCn1c(SCc2ccc(F)cc2)nnc1C(C)Oc1cc(Cl)ccc1Cl. The minimum absolute atomic E-state index is 0.242. The number of thioether (sulfide) groups is 1. The van der Waals surface area contributed by atoms with Gasteiger partial charge in [0.25, 0.3) is 0 Å². The van der Waals surface area contributed by atoms with Crippen molar-refractivity contribution >= 4 is 35.0 Å². The molecule has 0 radical (unpaired) electrons. The second-order valence-electron chi connectivity index (χ2n) is 5.83. The summed E-state index contributed by atoms with van der Waals surface area (Å²) in [4.78, 5) is 0. The number of aromatic nitrogens is 3. The van der Waals surface area contributed by atoms with Crippen LogP contribution in [0.25, 0.3) is 0 Å². The van der Waals surface area contributed by atoms with E-state index < -0.39 is 0 Å². The van der Waals surface area contributed by atoms with Crippen LogP contribution >= 0.6 is 35.0 Å². The number of hydrogen-bond donors (Lipinski definition) is 0. The van der Waals surface area contributed by atoms with Crippen molar-refractivity contribution in [1.82, 2.24) is 14.8 Å². The predicted molar refractivity (Wildman–Crippen MR) is 107 cm³/mol.